The summed E-state index contributed by atoms with van der Waals surface area (Å²) in [5.41, 5.74) is 2.65. The highest BCUT2D eigenvalue weighted by atomic mass is 16.1. The van der Waals surface area contributed by atoms with Crippen molar-refractivity contribution in [2.45, 2.75) is 51.6 Å². The Bertz CT molecular complexity index is 466. The van der Waals surface area contributed by atoms with E-state index in [4.69, 9.17) is 0 Å². The number of hydrogen-bond acceptors (Lipinski definition) is 4. The molecule has 1 rings (SSSR count). The minimum absolute atomic E-state index is 0.595. The normalized spacial score (nSPS) is 11.2. The Kier molecular flexibility index (Phi) is 7.90. The van der Waals surface area contributed by atoms with Crippen LogP contribution in [0.15, 0.2) is 34.3 Å². The lowest BCUT2D eigenvalue weighted by Crippen LogP contribution is -1.99. The van der Waals surface area contributed by atoms with Crippen LogP contribution in [0.25, 0.3) is 0 Å². The molecule has 0 aromatic heterocycles. The van der Waals surface area contributed by atoms with Gasteiger partial charge in [-0.05, 0) is 38.2 Å². The van der Waals surface area contributed by atoms with Gasteiger partial charge in [-0.3, -0.25) is 0 Å². The van der Waals surface area contributed by atoms with Crippen molar-refractivity contribution in [1.82, 2.24) is 0 Å². The van der Waals surface area contributed by atoms with Crippen LogP contribution in [0.3, 0.4) is 0 Å². The van der Waals surface area contributed by atoms with Crippen LogP contribution in [0.4, 0.5) is 0 Å². The van der Waals surface area contributed by atoms with Gasteiger partial charge in [0.1, 0.15) is 0 Å². The van der Waals surface area contributed by atoms with Crippen LogP contribution >= 0.6 is 0 Å². The fourth-order valence-corrected chi connectivity index (χ4v) is 2.04. The second kappa shape index (κ2) is 9.85. The van der Waals surface area contributed by atoms with E-state index in [2.05, 4.69) is 41.2 Å². The first-order valence-corrected chi connectivity index (χ1v) is 6.96. The van der Waals surface area contributed by atoms with E-state index in [9.17, 15) is 9.59 Å². The van der Waals surface area contributed by atoms with Crippen LogP contribution in [0.2, 0.25) is 0 Å². The van der Waals surface area contributed by atoms with Crippen LogP contribution < -0.4 is 0 Å². The Morgan fingerprint density at radius 3 is 2.15 bits per heavy atom. The smallest absolute Gasteiger partial charge is 0.211 e. The van der Waals surface area contributed by atoms with Gasteiger partial charge < -0.3 is 0 Å². The molecule has 0 spiro atoms. The van der Waals surface area contributed by atoms with E-state index in [1.54, 1.807) is 0 Å². The van der Waals surface area contributed by atoms with Gasteiger partial charge in [-0.2, -0.15) is 9.98 Å². The monoisotopic (exact) mass is 272 g/mol. The van der Waals surface area contributed by atoms with E-state index in [1.165, 1.54) is 23.3 Å². The molecule has 0 aliphatic rings. The van der Waals surface area contributed by atoms with E-state index >= 15 is 0 Å². The molecule has 0 heterocycles. The number of carbonyl (C=O) groups excluding carboxylic acids is 2. The minimum Gasteiger partial charge on any atom is -0.211 e. The third kappa shape index (κ3) is 6.79. The zero-order valence-corrected chi connectivity index (χ0v) is 11.8. The van der Waals surface area contributed by atoms with Crippen molar-refractivity contribution in [3.63, 3.8) is 0 Å². The van der Waals surface area contributed by atoms with Crippen molar-refractivity contribution < 1.29 is 9.59 Å². The molecule has 1 aromatic carbocycles. The van der Waals surface area contributed by atoms with Crippen LogP contribution in [0.1, 0.15) is 43.2 Å². The molecule has 0 saturated carbocycles. The number of aliphatic imine (C=N–C) groups is 2. The van der Waals surface area contributed by atoms with Crippen molar-refractivity contribution in [2.24, 2.45) is 9.98 Å². The Morgan fingerprint density at radius 1 is 0.950 bits per heavy atom. The predicted molar refractivity (Wildman–Crippen MR) is 78.0 cm³/mol. The molecule has 20 heavy (non-hydrogen) atoms. The van der Waals surface area contributed by atoms with Crippen LogP contribution in [-0.4, -0.2) is 18.3 Å². The molecule has 0 fully saturated rings. The summed E-state index contributed by atoms with van der Waals surface area (Å²) >= 11 is 0. The summed E-state index contributed by atoms with van der Waals surface area (Å²) in [4.78, 5) is 27.2. The number of unbranched alkanes of at least 4 members (excludes halogenated alkanes) is 3. The highest BCUT2D eigenvalue weighted by Crippen LogP contribution is 2.12. The van der Waals surface area contributed by atoms with Crippen LogP contribution in [0, 0.1) is 6.92 Å². The molecule has 4 heteroatoms. The standard InChI is InChI=1S/C16H20N2O2/c1-14-8-10-15(11-9-14)6-4-2-3-5-7-16(17-12-19)18-13-20/h8-11,16H,2-7H2,1H3. The molecule has 0 atom stereocenters. The van der Waals surface area contributed by atoms with Crippen molar-refractivity contribution >= 4 is 12.2 Å². The number of isocyanates is 2. The first kappa shape index (κ1) is 16.0. The summed E-state index contributed by atoms with van der Waals surface area (Å²) in [5.74, 6) is 0. The highest BCUT2D eigenvalue weighted by Gasteiger charge is 2.03. The van der Waals surface area contributed by atoms with Gasteiger partial charge in [0.05, 0.1) is 0 Å². The van der Waals surface area contributed by atoms with E-state index in [0.29, 0.717) is 6.42 Å². The molecule has 4 nitrogen and oxygen atoms in total. The van der Waals surface area contributed by atoms with Gasteiger partial charge in [0.2, 0.25) is 12.2 Å². The molecule has 0 radical (unpaired) electrons. The predicted octanol–water partition coefficient (Wildman–Crippen LogP) is 3.49. The fourth-order valence-electron chi connectivity index (χ4n) is 2.04. The first-order chi connectivity index (χ1) is 9.76. The van der Waals surface area contributed by atoms with Crippen molar-refractivity contribution in [1.29, 1.82) is 0 Å². The lowest BCUT2D eigenvalue weighted by Gasteiger charge is -2.04. The third-order valence-electron chi connectivity index (χ3n) is 3.20. The number of nitrogens with zero attached hydrogens (tertiary/aromatic N) is 2. The lowest BCUT2D eigenvalue weighted by atomic mass is 10.0. The summed E-state index contributed by atoms with van der Waals surface area (Å²) in [6, 6.07) is 8.61. The minimum atomic E-state index is -0.595. The van der Waals surface area contributed by atoms with Gasteiger partial charge in [-0.25, -0.2) is 9.59 Å². The van der Waals surface area contributed by atoms with E-state index < -0.39 is 6.17 Å². The Hall–Kier alpha value is -2.02. The SMILES string of the molecule is Cc1ccc(CCCCCCC(N=C=O)N=C=O)cc1. The molecule has 0 amide bonds. The van der Waals surface area contributed by atoms with Gasteiger partial charge in [-0.1, -0.05) is 42.7 Å². The second-order valence-electron chi connectivity index (χ2n) is 4.86. The van der Waals surface area contributed by atoms with Crippen molar-refractivity contribution in [3.05, 3.63) is 35.4 Å². The van der Waals surface area contributed by atoms with Gasteiger partial charge in [0, 0.05) is 0 Å². The van der Waals surface area contributed by atoms with E-state index in [1.807, 2.05) is 0 Å². The highest BCUT2D eigenvalue weighted by molar-refractivity contribution is 5.36. The summed E-state index contributed by atoms with van der Waals surface area (Å²) in [6.45, 7) is 2.09. The quantitative estimate of drug-likeness (QED) is 0.392. The third-order valence-corrected chi connectivity index (χ3v) is 3.20. The molecule has 0 bridgehead atoms. The maximum atomic E-state index is 10.1. The molecule has 0 unspecified atom stereocenters. The Morgan fingerprint density at radius 2 is 1.55 bits per heavy atom. The Balaban J connectivity index is 2.14. The summed E-state index contributed by atoms with van der Waals surface area (Å²) in [7, 11) is 0. The molecule has 0 N–H and O–H groups in total. The van der Waals surface area contributed by atoms with E-state index in [0.717, 1.165) is 32.1 Å². The largest absolute Gasteiger partial charge is 0.237 e. The van der Waals surface area contributed by atoms with Crippen LogP contribution in [0.5, 0.6) is 0 Å². The van der Waals surface area contributed by atoms with Crippen molar-refractivity contribution in [2.75, 3.05) is 0 Å². The number of benzene rings is 1. The zero-order chi connectivity index (χ0) is 14.6. The number of hydrogen-bond donors (Lipinski definition) is 0. The molecular weight excluding hydrogens is 252 g/mol. The van der Waals surface area contributed by atoms with Crippen molar-refractivity contribution in [3.8, 4) is 0 Å². The maximum Gasteiger partial charge on any atom is 0.237 e. The average molecular weight is 272 g/mol. The van der Waals surface area contributed by atoms with Crippen LogP contribution in [-0.2, 0) is 16.0 Å². The number of aryl methyl sites for hydroxylation is 2. The lowest BCUT2D eigenvalue weighted by molar-refractivity contribution is 0.525. The molecular formula is C16H20N2O2. The van der Waals surface area contributed by atoms with E-state index in [-0.39, 0.29) is 0 Å². The topological polar surface area (TPSA) is 58.9 Å². The second-order valence-corrected chi connectivity index (χ2v) is 4.86. The zero-order valence-electron chi connectivity index (χ0n) is 11.8. The first-order valence-electron chi connectivity index (χ1n) is 6.96. The Labute approximate surface area is 119 Å². The summed E-state index contributed by atoms with van der Waals surface area (Å²) < 4.78 is 0. The van der Waals surface area contributed by atoms with Gasteiger partial charge >= 0.3 is 0 Å². The average Bonchev–Trinajstić information content (AvgIpc) is 2.45. The van der Waals surface area contributed by atoms with Gasteiger partial charge in [0.25, 0.3) is 0 Å². The molecule has 1 aromatic rings. The molecule has 0 aliphatic heterocycles. The number of rotatable bonds is 9. The molecule has 0 aliphatic carbocycles. The molecule has 106 valence electrons. The summed E-state index contributed by atoms with van der Waals surface area (Å²) in [5, 5.41) is 0. The molecule has 0 saturated heterocycles. The maximum absolute atomic E-state index is 10.1. The van der Waals surface area contributed by atoms with Gasteiger partial charge in [-0.15, -0.1) is 0 Å². The fraction of sp³-hybridized carbons (Fsp3) is 0.500. The van der Waals surface area contributed by atoms with Gasteiger partial charge in [0.15, 0.2) is 6.17 Å². The summed E-state index contributed by atoms with van der Waals surface area (Å²) in [6.07, 6.45) is 8.17.